The maximum absolute atomic E-state index is 12.6. The molecule has 1 atom stereocenters. The molecule has 3 heterocycles. The number of hydrogen-bond donors (Lipinski definition) is 1. The van der Waals surface area contributed by atoms with E-state index in [4.69, 9.17) is 4.42 Å². The minimum Gasteiger partial charge on any atom is -0.467 e. The highest BCUT2D eigenvalue weighted by Crippen LogP contribution is 2.23. The predicted octanol–water partition coefficient (Wildman–Crippen LogP) is 0.147. The maximum atomic E-state index is 12.6. The van der Waals surface area contributed by atoms with E-state index in [1.165, 1.54) is 11.9 Å². The smallest absolute Gasteiger partial charge is 0.417 e. The Bertz CT molecular complexity index is 731. The van der Waals surface area contributed by atoms with Crippen molar-refractivity contribution in [3.8, 4) is 0 Å². The van der Waals surface area contributed by atoms with Crippen molar-refractivity contribution in [2.24, 2.45) is 10.9 Å². The van der Waals surface area contributed by atoms with E-state index in [0.717, 1.165) is 22.7 Å². The lowest BCUT2D eigenvalue weighted by Crippen LogP contribution is -2.80. The second-order valence-corrected chi connectivity index (χ2v) is 5.51. The number of rotatable bonds is 3. The van der Waals surface area contributed by atoms with E-state index in [9.17, 15) is 9.59 Å². The third-order valence-electron chi connectivity index (χ3n) is 4.15. The second kappa shape index (κ2) is 5.83. The van der Waals surface area contributed by atoms with Gasteiger partial charge in [0.25, 0.3) is 11.7 Å². The fourth-order valence-electron chi connectivity index (χ4n) is 2.82. The topological polar surface area (TPSA) is 80.1 Å². The van der Waals surface area contributed by atoms with Crippen molar-refractivity contribution in [1.82, 2.24) is 9.80 Å². The predicted molar refractivity (Wildman–Crippen MR) is 83.6 cm³/mol. The number of carbonyl (C=O) groups excluding carboxylic acids is 2. The first-order chi connectivity index (χ1) is 11.0. The van der Waals surface area contributed by atoms with Crippen LogP contribution in [0.25, 0.3) is 0 Å². The summed E-state index contributed by atoms with van der Waals surface area (Å²) in [6.07, 6.45) is 4.15. The van der Waals surface area contributed by atoms with Gasteiger partial charge >= 0.3 is 6.03 Å². The summed E-state index contributed by atoms with van der Waals surface area (Å²) in [5.41, 5.74) is 1.64. The molecule has 0 bridgehead atoms. The molecule has 1 unspecified atom stereocenters. The Morgan fingerprint density at radius 3 is 2.74 bits per heavy atom. The highest BCUT2D eigenvalue weighted by molar-refractivity contribution is 6.31. The summed E-state index contributed by atoms with van der Waals surface area (Å²) in [5, 5.41) is 0. The van der Waals surface area contributed by atoms with Gasteiger partial charge in [0.1, 0.15) is 5.76 Å². The molecular weight excluding hydrogens is 296 g/mol. The molecule has 23 heavy (non-hydrogen) atoms. The number of carbonyl (C=O) groups is 2. The van der Waals surface area contributed by atoms with Gasteiger partial charge in [0.15, 0.2) is 5.92 Å². The van der Waals surface area contributed by atoms with E-state index >= 15 is 0 Å². The summed E-state index contributed by atoms with van der Waals surface area (Å²) in [6, 6.07) is 3.29. The van der Waals surface area contributed by atoms with E-state index in [2.05, 4.69) is 9.98 Å². The first kappa shape index (κ1) is 15.2. The zero-order valence-corrected chi connectivity index (χ0v) is 13.4. The quantitative estimate of drug-likeness (QED) is 0.862. The molecule has 2 aliphatic heterocycles. The van der Waals surface area contributed by atoms with Gasteiger partial charge in [-0.3, -0.25) is 9.79 Å². The summed E-state index contributed by atoms with van der Waals surface area (Å²) in [5.74, 6) is 0.424. The number of nitrogens with one attached hydrogen (secondary N) is 1. The molecule has 7 heteroatoms. The minimum absolute atomic E-state index is 0.271. The van der Waals surface area contributed by atoms with Crippen LogP contribution < -0.4 is 4.99 Å². The van der Waals surface area contributed by atoms with Crippen molar-refractivity contribution in [1.29, 1.82) is 0 Å². The van der Waals surface area contributed by atoms with Crippen molar-refractivity contribution in [2.75, 3.05) is 14.1 Å². The molecule has 2 aliphatic rings. The zero-order chi connectivity index (χ0) is 16.6. The van der Waals surface area contributed by atoms with Crippen LogP contribution in [-0.4, -0.2) is 47.4 Å². The lowest BCUT2D eigenvalue weighted by Gasteiger charge is -2.32. The fraction of sp³-hybridized carbons (Fsp3) is 0.375. The van der Waals surface area contributed by atoms with Crippen LogP contribution in [0.1, 0.15) is 19.1 Å². The summed E-state index contributed by atoms with van der Waals surface area (Å²) in [4.78, 5) is 35.0. The molecule has 7 nitrogen and oxygen atoms in total. The van der Waals surface area contributed by atoms with E-state index in [-0.39, 0.29) is 11.9 Å². The third kappa shape index (κ3) is 2.48. The molecular formula is C16H19N4O3+. The van der Waals surface area contributed by atoms with Crippen molar-refractivity contribution < 1.29 is 19.0 Å². The van der Waals surface area contributed by atoms with Gasteiger partial charge in [0, 0.05) is 12.6 Å². The fourth-order valence-corrected chi connectivity index (χ4v) is 2.82. The second-order valence-electron chi connectivity index (χ2n) is 5.51. The Hall–Kier alpha value is -2.70. The highest BCUT2D eigenvalue weighted by Gasteiger charge is 2.50. The van der Waals surface area contributed by atoms with Crippen LogP contribution in [0.5, 0.6) is 0 Å². The Morgan fingerprint density at radius 1 is 1.30 bits per heavy atom. The Labute approximate surface area is 134 Å². The van der Waals surface area contributed by atoms with Gasteiger partial charge in [-0.05, 0) is 18.6 Å². The molecule has 3 rings (SSSR count). The first-order valence-electron chi connectivity index (χ1n) is 7.49. The number of fused-ring (bicyclic) bond motifs is 1. The highest BCUT2D eigenvalue weighted by atomic mass is 16.3. The lowest BCUT2D eigenvalue weighted by molar-refractivity contribution is -0.383. The lowest BCUT2D eigenvalue weighted by atomic mass is 9.89. The van der Waals surface area contributed by atoms with Gasteiger partial charge < -0.3 is 4.42 Å². The Kier molecular flexibility index (Phi) is 3.85. The number of amides is 3. The van der Waals surface area contributed by atoms with Gasteiger partial charge in [0.05, 0.1) is 31.8 Å². The Morgan fingerprint density at radius 2 is 2.09 bits per heavy atom. The summed E-state index contributed by atoms with van der Waals surface area (Å²) in [7, 11) is 3.14. The standard InChI is InChI=1S/C16H18N4O3/c1-4-10-8-18-14-12(15(21)20(3)16(22)19(14)2)13(10)17-9-11-6-5-7-23-11/h5-8,12H,4,9H2,1-3H3/p+1. The van der Waals surface area contributed by atoms with E-state index in [1.807, 2.05) is 19.2 Å². The molecule has 0 aromatic carbocycles. The molecule has 1 saturated heterocycles. The average Bonchev–Trinajstić information content (AvgIpc) is 3.08. The monoisotopic (exact) mass is 315 g/mol. The SMILES string of the molecule is CCC1=C[NH+]=C2C(C(=O)N(C)C(=O)N2C)C1=NCc1ccco1. The normalized spacial score (nSPS) is 23.1. The number of imide groups is 1. The van der Waals surface area contributed by atoms with Crippen LogP contribution in [0.4, 0.5) is 4.79 Å². The molecule has 0 saturated carbocycles. The van der Waals surface area contributed by atoms with Gasteiger partial charge in [-0.15, -0.1) is 0 Å². The van der Waals surface area contributed by atoms with Crippen LogP contribution in [-0.2, 0) is 11.3 Å². The molecule has 1 aromatic heterocycles. The number of urea groups is 1. The van der Waals surface area contributed by atoms with Crippen LogP contribution in [0.3, 0.4) is 0 Å². The minimum atomic E-state index is -0.586. The first-order valence-corrected chi connectivity index (χ1v) is 7.49. The van der Waals surface area contributed by atoms with E-state index in [0.29, 0.717) is 18.1 Å². The molecule has 120 valence electrons. The van der Waals surface area contributed by atoms with Gasteiger partial charge in [-0.1, -0.05) is 6.92 Å². The zero-order valence-electron chi connectivity index (χ0n) is 13.4. The number of amidine groups is 1. The van der Waals surface area contributed by atoms with Crippen LogP contribution in [0.15, 0.2) is 39.6 Å². The van der Waals surface area contributed by atoms with Crippen LogP contribution in [0.2, 0.25) is 0 Å². The number of hydrogen-bond acceptors (Lipinski definition) is 4. The van der Waals surface area contributed by atoms with Gasteiger partial charge in [0.2, 0.25) is 0 Å². The van der Waals surface area contributed by atoms with E-state index in [1.54, 1.807) is 19.4 Å². The largest absolute Gasteiger partial charge is 0.467 e. The number of allylic oxidation sites excluding steroid dienone is 1. The van der Waals surface area contributed by atoms with Crippen LogP contribution >= 0.6 is 0 Å². The number of furan rings is 1. The van der Waals surface area contributed by atoms with Crippen LogP contribution in [0, 0.1) is 5.92 Å². The van der Waals surface area contributed by atoms with Crippen molar-refractivity contribution >= 4 is 23.5 Å². The average molecular weight is 315 g/mol. The Balaban J connectivity index is 2.02. The van der Waals surface area contributed by atoms with Crippen molar-refractivity contribution in [3.05, 3.63) is 35.9 Å². The van der Waals surface area contributed by atoms with Crippen molar-refractivity contribution in [2.45, 2.75) is 19.9 Å². The molecule has 0 aliphatic carbocycles. The number of nitrogens with zero attached hydrogens (tertiary/aromatic N) is 3. The third-order valence-corrected chi connectivity index (χ3v) is 4.15. The molecule has 0 spiro atoms. The molecule has 1 N–H and O–H groups in total. The summed E-state index contributed by atoms with van der Waals surface area (Å²) in [6.45, 7) is 2.37. The number of aliphatic imine (C=N–C) groups is 1. The van der Waals surface area contributed by atoms with Gasteiger partial charge in [-0.2, -0.15) is 4.90 Å². The molecule has 1 fully saturated rings. The maximum Gasteiger partial charge on any atom is 0.417 e. The molecule has 3 amide bonds. The molecule has 0 radical (unpaired) electrons. The van der Waals surface area contributed by atoms with Crippen molar-refractivity contribution in [3.63, 3.8) is 0 Å². The summed E-state index contributed by atoms with van der Waals surface area (Å²) < 4.78 is 5.31. The summed E-state index contributed by atoms with van der Waals surface area (Å²) >= 11 is 0. The van der Waals surface area contributed by atoms with E-state index < -0.39 is 5.92 Å². The van der Waals surface area contributed by atoms with Gasteiger partial charge in [-0.25, -0.2) is 14.7 Å². The molecule has 1 aromatic rings.